The Morgan fingerprint density at radius 2 is 1.00 bits per heavy atom. The van der Waals surface area contributed by atoms with E-state index in [1.807, 2.05) is 47.0 Å². The van der Waals surface area contributed by atoms with Gasteiger partial charge >= 0.3 is 0 Å². The van der Waals surface area contributed by atoms with Crippen LogP contribution in [0.4, 0.5) is 22.0 Å². The molecule has 0 N–H and O–H groups in total. The summed E-state index contributed by atoms with van der Waals surface area (Å²) in [6.45, 7) is 3.67. The maximum atomic E-state index is 14.9. The van der Waals surface area contributed by atoms with E-state index in [0.29, 0.717) is 56.0 Å². The Bertz CT molecular complexity index is 3140. The zero-order valence-corrected chi connectivity index (χ0v) is 33.0. The molecule has 0 aliphatic carbocycles. The van der Waals surface area contributed by atoms with Gasteiger partial charge in [-0.1, -0.05) is 18.2 Å². The molecule has 0 amide bonds. The first kappa shape index (κ1) is 40.1. The van der Waals surface area contributed by atoms with Gasteiger partial charge in [0, 0.05) is 33.4 Å². The van der Waals surface area contributed by atoms with Gasteiger partial charge in [-0.2, -0.15) is 0 Å². The number of para-hydroxylation sites is 2. The van der Waals surface area contributed by atoms with E-state index >= 15 is 0 Å². The van der Waals surface area contributed by atoms with Gasteiger partial charge in [0.05, 0.1) is 23.3 Å². The number of amidine groups is 2. The van der Waals surface area contributed by atoms with Crippen LogP contribution in [0, 0.1) is 29.1 Å². The van der Waals surface area contributed by atoms with Crippen molar-refractivity contribution in [2.75, 3.05) is 0 Å². The molecule has 0 unspecified atom stereocenters. The summed E-state index contributed by atoms with van der Waals surface area (Å²) in [5.41, 5.74) is 5.55. The van der Waals surface area contributed by atoms with Crippen molar-refractivity contribution in [1.82, 2.24) is 24.5 Å². The highest BCUT2D eigenvalue weighted by Gasteiger charge is 2.19. The van der Waals surface area contributed by atoms with Gasteiger partial charge in [-0.25, -0.2) is 51.9 Å². The number of aromatic nitrogens is 5. The molecule has 0 bridgehead atoms. The molecule has 2 heterocycles. The van der Waals surface area contributed by atoms with Crippen LogP contribution >= 0.6 is 0 Å². The molecule has 63 heavy (non-hydrogen) atoms. The Kier molecular flexibility index (Phi) is 11.0. The Labute approximate surface area is 357 Å². The van der Waals surface area contributed by atoms with Gasteiger partial charge in [-0.15, -0.1) is 0 Å². The summed E-state index contributed by atoms with van der Waals surface area (Å²) in [5, 5.41) is 0. The highest BCUT2D eigenvalue weighted by molar-refractivity contribution is 6.12. The Morgan fingerprint density at radius 3 is 1.57 bits per heavy atom. The van der Waals surface area contributed by atoms with Gasteiger partial charge in [0.25, 0.3) is 0 Å². The molecular formula is C50H31F5N8. The first-order valence-corrected chi connectivity index (χ1v) is 19.5. The third-order valence-electron chi connectivity index (χ3n) is 9.95. The fraction of sp³-hybridized carbons (Fsp3) is 0.0200. The van der Waals surface area contributed by atoms with Crippen LogP contribution in [0.5, 0.6) is 0 Å². The lowest BCUT2D eigenvalue weighted by molar-refractivity contribution is 0.626. The van der Waals surface area contributed by atoms with Crippen LogP contribution < -0.4 is 0 Å². The van der Waals surface area contributed by atoms with Crippen molar-refractivity contribution in [3.8, 4) is 51.2 Å². The smallest absolute Gasteiger partial charge is 0.164 e. The normalized spacial score (nSPS) is 11.9. The average Bonchev–Trinajstić information content (AvgIpc) is 3.70. The first-order valence-electron chi connectivity index (χ1n) is 19.5. The lowest BCUT2D eigenvalue weighted by atomic mass is 10.0. The minimum absolute atomic E-state index is 0.00813. The van der Waals surface area contributed by atoms with Gasteiger partial charge in [-0.05, 0) is 158 Å². The fourth-order valence-electron chi connectivity index (χ4n) is 6.95. The van der Waals surface area contributed by atoms with E-state index in [-0.39, 0.29) is 35.7 Å². The third-order valence-corrected chi connectivity index (χ3v) is 9.95. The molecular weight excluding hydrogens is 808 g/mol. The van der Waals surface area contributed by atoms with Gasteiger partial charge in [0.2, 0.25) is 0 Å². The first-order chi connectivity index (χ1) is 30.7. The number of aliphatic imine (C=N–C) groups is 3. The van der Waals surface area contributed by atoms with E-state index in [2.05, 4.69) is 11.7 Å². The predicted octanol–water partition coefficient (Wildman–Crippen LogP) is 11.7. The fourth-order valence-corrected chi connectivity index (χ4v) is 6.95. The summed E-state index contributed by atoms with van der Waals surface area (Å²) in [5.74, 6) is -0.739. The second-order valence-electron chi connectivity index (χ2n) is 14.2. The van der Waals surface area contributed by atoms with Crippen molar-refractivity contribution in [2.45, 2.75) is 6.54 Å². The Hall–Kier alpha value is -8.32. The maximum absolute atomic E-state index is 14.9. The molecule has 8 nitrogen and oxygen atoms in total. The van der Waals surface area contributed by atoms with E-state index < -0.39 is 29.1 Å². The molecule has 13 heteroatoms. The molecule has 0 atom stereocenters. The van der Waals surface area contributed by atoms with E-state index in [0.717, 1.165) is 5.52 Å². The van der Waals surface area contributed by atoms with E-state index in [1.165, 1.54) is 84.9 Å². The number of nitrogens with zero attached hydrogens (tertiary/aromatic N) is 8. The van der Waals surface area contributed by atoms with Crippen molar-refractivity contribution in [3.05, 3.63) is 210 Å². The van der Waals surface area contributed by atoms with Crippen LogP contribution in [-0.2, 0) is 6.54 Å². The molecule has 9 rings (SSSR count). The molecule has 0 fully saturated rings. The minimum Gasteiger partial charge on any atom is -0.292 e. The van der Waals surface area contributed by atoms with Crippen molar-refractivity contribution >= 4 is 29.4 Å². The van der Waals surface area contributed by atoms with Crippen molar-refractivity contribution in [1.29, 1.82) is 0 Å². The summed E-state index contributed by atoms with van der Waals surface area (Å²) in [6.07, 6.45) is 0. The number of benzene rings is 7. The van der Waals surface area contributed by atoms with Gasteiger partial charge < -0.3 is 0 Å². The number of imidazole rings is 1. The summed E-state index contributed by atoms with van der Waals surface area (Å²) >= 11 is 0. The molecule has 0 radical (unpaired) electrons. The highest BCUT2D eigenvalue weighted by atomic mass is 19.1. The molecule has 306 valence electrons. The van der Waals surface area contributed by atoms with E-state index in [4.69, 9.17) is 29.9 Å². The summed E-state index contributed by atoms with van der Waals surface area (Å²) < 4.78 is 73.0. The largest absolute Gasteiger partial charge is 0.292 e. The average molecular weight is 839 g/mol. The minimum atomic E-state index is -0.460. The SMILES string of the molecule is C=NC(=NC(=NCc1cc(-c2nc(-c3ccc(F)cc3)nc(-c3ccc(F)cc3)n2)cc(-c2nc3ccccc3n2-c2cccc(F)c2)c1)c1ccc(F)cc1)c1ccc(F)cc1. The zero-order valence-electron chi connectivity index (χ0n) is 33.0. The van der Waals surface area contributed by atoms with Crippen LogP contribution in [0.2, 0.25) is 0 Å². The number of hydrogen-bond acceptors (Lipinski definition) is 5. The van der Waals surface area contributed by atoms with Gasteiger partial charge in [-0.3, -0.25) is 9.56 Å². The second kappa shape index (κ2) is 17.3. The lowest BCUT2D eigenvalue weighted by Crippen LogP contribution is -2.06. The van der Waals surface area contributed by atoms with Gasteiger partial charge in [0.1, 0.15) is 34.9 Å². The van der Waals surface area contributed by atoms with Crippen molar-refractivity contribution in [3.63, 3.8) is 0 Å². The van der Waals surface area contributed by atoms with Crippen molar-refractivity contribution in [2.24, 2.45) is 15.0 Å². The molecule has 7 aromatic carbocycles. The number of halogens is 5. The van der Waals surface area contributed by atoms with Crippen LogP contribution in [0.15, 0.2) is 179 Å². The standard InChI is InChI=1S/C50H31F5N8/c1-56-45(31-9-17-37(51)18-10-31)59-46(32-11-19-38(52)20-12-32)57-29-30-25-35(27-36(26-30)50-58-43-7-2-3-8-44(43)63(50)42-6-4-5-41(55)28-42)49-61-47(33-13-21-39(53)22-14-33)60-48(62-49)34-15-23-40(54)24-16-34/h2-28H,1,29H2. The topological polar surface area (TPSA) is 93.6 Å². The quantitative estimate of drug-likeness (QED) is 0.0822. The molecule has 0 saturated carbocycles. The molecule has 0 saturated heterocycles. The Morgan fingerprint density at radius 1 is 0.476 bits per heavy atom. The maximum Gasteiger partial charge on any atom is 0.164 e. The second-order valence-corrected chi connectivity index (χ2v) is 14.2. The molecule has 0 aliphatic rings. The monoisotopic (exact) mass is 838 g/mol. The number of rotatable bonds is 9. The summed E-state index contributed by atoms with van der Waals surface area (Å²) in [6, 6.07) is 41.8. The van der Waals surface area contributed by atoms with Crippen LogP contribution in [0.1, 0.15) is 16.7 Å². The van der Waals surface area contributed by atoms with E-state index in [9.17, 15) is 22.0 Å². The lowest BCUT2D eigenvalue weighted by Gasteiger charge is -2.13. The highest BCUT2D eigenvalue weighted by Crippen LogP contribution is 2.34. The predicted molar refractivity (Wildman–Crippen MR) is 235 cm³/mol. The summed E-state index contributed by atoms with van der Waals surface area (Å²) in [4.78, 5) is 33.2. The Balaban J connectivity index is 1.27. The van der Waals surface area contributed by atoms with Gasteiger partial charge in [0.15, 0.2) is 29.1 Å². The number of hydrogen-bond donors (Lipinski definition) is 0. The zero-order chi connectivity index (χ0) is 43.5. The number of fused-ring (bicyclic) bond motifs is 1. The van der Waals surface area contributed by atoms with Crippen molar-refractivity contribution < 1.29 is 22.0 Å². The molecule has 0 aliphatic heterocycles. The van der Waals surface area contributed by atoms with Crippen LogP contribution in [0.3, 0.4) is 0 Å². The summed E-state index contributed by atoms with van der Waals surface area (Å²) in [7, 11) is 0. The van der Waals surface area contributed by atoms with E-state index in [1.54, 1.807) is 36.4 Å². The van der Waals surface area contributed by atoms with Crippen LogP contribution in [-0.4, -0.2) is 42.9 Å². The molecule has 2 aromatic heterocycles. The third kappa shape index (κ3) is 8.79. The van der Waals surface area contributed by atoms with Crippen LogP contribution in [0.25, 0.3) is 62.3 Å². The molecule has 0 spiro atoms. The molecule has 9 aromatic rings.